The van der Waals surface area contributed by atoms with Crippen LogP contribution in [0.4, 0.5) is 0 Å². The van der Waals surface area contributed by atoms with Crippen molar-refractivity contribution in [1.29, 1.82) is 0 Å². The van der Waals surface area contributed by atoms with E-state index in [1.165, 1.54) is 0 Å². The van der Waals surface area contributed by atoms with E-state index < -0.39 is 7.60 Å². The van der Waals surface area contributed by atoms with Crippen LogP contribution in [0.25, 0.3) is 0 Å². The van der Waals surface area contributed by atoms with E-state index in [9.17, 15) is 4.57 Å². The van der Waals surface area contributed by atoms with Crippen LogP contribution in [0.1, 0.15) is 37.1 Å². The fourth-order valence-corrected chi connectivity index (χ4v) is 5.69. The molecule has 0 amide bonds. The molecular weight excluding hydrogens is 429 g/mol. The molecule has 148 valence electrons. The number of rotatable bonds is 12. The largest absolute Gasteiger partial charge is 0.338 e. The first-order valence-corrected chi connectivity index (χ1v) is 11.5. The van der Waals surface area contributed by atoms with Crippen molar-refractivity contribution in [2.45, 2.75) is 32.5 Å². The second-order valence-corrected chi connectivity index (χ2v) is 8.94. The summed E-state index contributed by atoms with van der Waals surface area (Å²) in [7, 11) is -3.31. The fourth-order valence-electron chi connectivity index (χ4n) is 2.78. The summed E-state index contributed by atoms with van der Waals surface area (Å²) in [5, 5.41) is 0. The van der Waals surface area contributed by atoms with Gasteiger partial charge in [-0.25, -0.2) is 5.48 Å². The zero-order valence-corrected chi connectivity index (χ0v) is 18.2. The first-order chi connectivity index (χ1) is 13.1. The Balaban J connectivity index is 2.04. The number of hydrogen-bond acceptors (Lipinski definition) is 5. The topological polar surface area (TPSA) is 56.8 Å². The van der Waals surface area contributed by atoms with Crippen molar-refractivity contribution in [2.75, 3.05) is 19.8 Å². The van der Waals surface area contributed by atoms with Crippen LogP contribution in [0, 0.1) is 0 Å². The third-order valence-corrected chi connectivity index (χ3v) is 7.23. The average Bonchev–Trinajstić information content (AvgIpc) is 2.67. The maximum Gasteiger partial charge on any atom is 0.338 e. The minimum atomic E-state index is -3.31. The third-order valence-electron chi connectivity index (χ3n) is 3.97. The molecule has 0 radical (unpaired) electrons. The minimum absolute atomic E-state index is 0.330. The highest BCUT2D eigenvalue weighted by atomic mass is 79.9. The van der Waals surface area contributed by atoms with Gasteiger partial charge in [-0.05, 0) is 37.5 Å². The molecule has 2 rings (SSSR count). The Bertz CT molecular complexity index is 719. The van der Waals surface area contributed by atoms with E-state index in [1.54, 1.807) is 0 Å². The second-order valence-electron chi connectivity index (χ2n) is 5.87. The molecular formula is C20H27BrNO4P. The number of benzene rings is 2. The van der Waals surface area contributed by atoms with Crippen molar-refractivity contribution < 1.29 is 18.5 Å². The lowest BCUT2D eigenvalue weighted by Gasteiger charge is -2.27. The van der Waals surface area contributed by atoms with Gasteiger partial charge in [0, 0.05) is 11.0 Å². The molecule has 27 heavy (non-hydrogen) atoms. The highest BCUT2D eigenvalue weighted by Gasteiger charge is 2.37. The molecule has 0 aliphatic carbocycles. The summed E-state index contributed by atoms with van der Waals surface area (Å²) in [6, 6.07) is 17.7. The molecule has 0 aliphatic rings. The predicted molar refractivity (Wildman–Crippen MR) is 112 cm³/mol. The second kappa shape index (κ2) is 11.7. The smallest absolute Gasteiger partial charge is 0.308 e. The van der Waals surface area contributed by atoms with E-state index >= 15 is 0 Å². The normalized spacial score (nSPS) is 12.9. The zero-order valence-electron chi connectivity index (χ0n) is 15.8. The van der Waals surface area contributed by atoms with Crippen molar-refractivity contribution in [3.8, 4) is 0 Å². The van der Waals surface area contributed by atoms with E-state index in [0.29, 0.717) is 32.8 Å². The van der Waals surface area contributed by atoms with Gasteiger partial charge in [-0.1, -0.05) is 64.5 Å². The average molecular weight is 456 g/mol. The predicted octanol–water partition coefficient (Wildman–Crippen LogP) is 5.87. The van der Waals surface area contributed by atoms with Gasteiger partial charge in [0.2, 0.25) is 0 Å². The summed E-state index contributed by atoms with van der Waals surface area (Å²) in [6.07, 6.45) is 0.550. The highest BCUT2D eigenvalue weighted by molar-refractivity contribution is 9.10. The van der Waals surface area contributed by atoms with Gasteiger partial charge in [-0.3, -0.25) is 9.40 Å². The maximum absolute atomic E-state index is 13.4. The van der Waals surface area contributed by atoms with Gasteiger partial charge in [-0.2, -0.15) is 0 Å². The van der Waals surface area contributed by atoms with Crippen molar-refractivity contribution >= 4 is 23.5 Å². The fraction of sp³-hybridized carbons (Fsp3) is 0.400. The summed E-state index contributed by atoms with van der Waals surface area (Å²) < 4.78 is 25.5. The molecule has 0 fully saturated rings. The Morgan fingerprint density at radius 2 is 1.63 bits per heavy atom. The number of hydroxylamine groups is 1. The van der Waals surface area contributed by atoms with Crippen LogP contribution < -0.4 is 5.48 Å². The Morgan fingerprint density at radius 3 is 2.26 bits per heavy atom. The van der Waals surface area contributed by atoms with Gasteiger partial charge in [0.05, 0.1) is 25.5 Å². The molecule has 0 saturated carbocycles. The highest BCUT2D eigenvalue weighted by Crippen LogP contribution is 2.63. The lowest BCUT2D eigenvalue weighted by Crippen LogP contribution is -2.19. The van der Waals surface area contributed by atoms with Crippen LogP contribution in [0.5, 0.6) is 0 Å². The van der Waals surface area contributed by atoms with Crippen LogP contribution in [-0.2, 0) is 25.1 Å². The van der Waals surface area contributed by atoms with Gasteiger partial charge >= 0.3 is 7.60 Å². The molecule has 1 N–H and O–H groups in total. The molecule has 5 nitrogen and oxygen atoms in total. The Kier molecular flexibility index (Phi) is 9.69. The van der Waals surface area contributed by atoms with Crippen molar-refractivity contribution in [3.05, 3.63) is 70.2 Å². The molecule has 0 bridgehead atoms. The van der Waals surface area contributed by atoms with Crippen LogP contribution in [0.2, 0.25) is 0 Å². The lowest BCUT2D eigenvalue weighted by atomic mass is 10.1. The Labute approximate surface area is 170 Å². The summed E-state index contributed by atoms with van der Waals surface area (Å²) in [4.78, 5) is 5.54. The SMILES string of the molecule is CCOP(=O)(OCC)C(CCNOCc1ccccc1)c1ccccc1Br. The van der Waals surface area contributed by atoms with Crippen molar-refractivity contribution in [3.63, 3.8) is 0 Å². The van der Waals surface area contributed by atoms with E-state index in [0.717, 1.165) is 15.6 Å². The number of nitrogens with one attached hydrogen (secondary N) is 1. The first-order valence-electron chi connectivity index (χ1n) is 9.12. The summed E-state index contributed by atoms with van der Waals surface area (Å²) in [5.74, 6) is 0. The van der Waals surface area contributed by atoms with Crippen molar-refractivity contribution in [1.82, 2.24) is 5.48 Å². The van der Waals surface area contributed by atoms with Gasteiger partial charge in [0.15, 0.2) is 0 Å². The van der Waals surface area contributed by atoms with Crippen LogP contribution in [0.3, 0.4) is 0 Å². The zero-order chi connectivity index (χ0) is 19.5. The minimum Gasteiger partial charge on any atom is -0.308 e. The van der Waals surface area contributed by atoms with E-state index in [1.807, 2.05) is 68.4 Å². The number of halogens is 1. The molecule has 2 aromatic carbocycles. The van der Waals surface area contributed by atoms with Crippen LogP contribution >= 0.6 is 23.5 Å². The van der Waals surface area contributed by atoms with Crippen LogP contribution in [-0.4, -0.2) is 19.8 Å². The molecule has 7 heteroatoms. The first kappa shape index (κ1) is 22.3. The van der Waals surface area contributed by atoms with E-state index in [-0.39, 0.29) is 5.66 Å². The summed E-state index contributed by atoms with van der Waals surface area (Å²) in [6.45, 7) is 5.29. The molecule has 0 saturated heterocycles. The molecule has 0 aromatic heterocycles. The number of hydrogen-bond donors (Lipinski definition) is 1. The third kappa shape index (κ3) is 6.83. The lowest BCUT2D eigenvalue weighted by molar-refractivity contribution is 0.0270. The molecule has 0 heterocycles. The molecule has 1 unspecified atom stereocenters. The van der Waals surface area contributed by atoms with Crippen LogP contribution in [0.15, 0.2) is 59.1 Å². The van der Waals surface area contributed by atoms with Gasteiger partial charge in [-0.15, -0.1) is 0 Å². The van der Waals surface area contributed by atoms with Gasteiger partial charge < -0.3 is 9.05 Å². The quantitative estimate of drug-likeness (QED) is 0.246. The summed E-state index contributed by atoms with van der Waals surface area (Å²) >= 11 is 3.56. The van der Waals surface area contributed by atoms with Gasteiger partial charge in [0.1, 0.15) is 0 Å². The molecule has 2 aromatic rings. The maximum atomic E-state index is 13.4. The Morgan fingerprint density at radius 1 is 1.00 bits per heavy atom. The standard InChI is InChI=1S/C20H27BrNO4P/c1-3-25-27(23,26-4-2)20(18-12-8-9-13-19(18)21)14-15-22-24-16-17-10-6-5-7-11-17/h5-13,20,22H,3-4,14-16H2,1-2H3. The Hall–Kier alpha value is -1.01. The van der Waals surface area contributed by atoms with Gasteiger partial charge in [0.25, 0.3) is 0 Å². The van der Waals surface area contributed by atoms with E-state index in [4.69, 9.17) is 13.9 Å². The monoisotopic (exact) mass is 455 g/mol. The molecule has 1 atom stereocenters. The van der Waals surface area contributed by atoms with E-state index in [2.05, 4.69) is 21.4 Å². The summed E-state index contributed by atoms with van der Waals surface area (Å²) in [5.41, 5.74) is 4.57. The van der Waals surface area contributed by atoms with Crippen molar-refractivity contribution in [2.24, 2.45) is 0 Å². The molecule has 0 aliphatic heterocycles. The molecule has 0 spiro atoms.